The van der Waals surface area contributed by atoms with E-state index in [0.717, 1.165) is 37.0 Å². The number of amides is 1. The number of hydrogen-bond donors (Lipinski definition) is 1. The number of carbonyl (C=O) groups excluding carboxylic acids is 1. The van der Waals surface area contributed by atoms with Crippen molar-refractivity contribution in [3.05, 3.63) is 66.0 Å². The van der Waals surface area contributed by atoms with Crippen LogP contribution in [0.5, 0.6) is 5.75 Å². The number of anilines is 3. The van der Waals surface area contributed by atoms with Crippen molar-refractivity contribution in [1.82, 2.24) is 9.97 Å². The summed E-state index contributed by atoms with van der Waals surface area (Å²) in [5.41, 5.74) is 4.63. The molecule has 1 N–H and O–H groups in total. The molecule has 0 radical (unpaired) electrons. The second-order valence-corrected chi connectivity index (χ2v) is 9.11. The summed E-state index contributed by atoms with van der Waals surface area (Å²) >= 11 is 1.41. The maximum absolute atomic E-state index is 12.6. The maximum atomic E-state index is 12.6. The van der Waals surface area contributed by atoms with Crippen molar-refractivity contribution < 1.29 is 9.53 Å². The highest BCUT2D eigenvalue weighted by molar-refractivity contribution is 8.00. The minimum atomic E-state index is -0.103. The van der Waals surface area contributed by atoms with Crippen LogP contribution in [0.4, 0.5) is 17.2 Å². The predicted molar refractivity (Wildman–Crippen MR) is 139 cm³/mol. The largest absolute Gasteiger partial charge is 0.492 e. The average molecular weight is 478 g/mol. The van der Waals surface area contributed by atoms with E-state index in [-0.39, 0.29) is 11.7 Å². The van der Waals surface area contributed by atoms with Crippen LogP contribution in [0, 0.1) is 13.8 Å². The number of piperazine rings is 1. The van der Waals surface area contributed by atoms with Crippen molar-refractivity contribution in [3.63, 3.8) is 0 Å². The SMILES string of the molecule is CCOc1ccccc1NC(=O)CSc1nccnc1N1CCN(c2cccc(C)c2C)CC1. The Bertz CT molecular complexity index is 1130. The Kier molecular flexibility index (Phi) is 7.90. The number of ether oxygens (including phenoxy) is 1. The van der Waals surface area contributed by atoms with Crippen LogP contribution in [-0.4, -0.2) is 54.4 Å². The standard InChI is InChI=1S/C26H31N5O2S/c1-4-33-23-11-6-5-9-21(23)29-24(32)18-34-26-25(27-12-13-28-26)31-16-14-30(15-17-31)22-10-7-8-19(2)20(22)3/h5-13H,4,14-18H2,1-3H3,(H,29,32). The van der Waals surface area contributed by atoms with Gasteiger partial charge in [0.15, 0.2) is 5.82 Å². The van der Waals surface area contributed by atoms with Crippen LogP contribution in [0.25, 0.3) is 0 Å². The van der Waals surface area contributed by atoms with E-state index >= 15 is 0 Å². The summed E-state index contributed by atoms with van der Waals surface area (Å²) in [5.74, 6) is 1.66. The molecule has 7 nitrogen and oxygen atoms in total. The fraction of sp³-hybridized carbons (Fsp3) is 0.346. The van der Waals surface area contributed by atoms with Gasteiger partial charge in [0, 0.05) is 44.3 Å². The number of thioether (sulfide) groups is 1. The highest BCUT2D eigenvalue weighted by atomic mass is 32.2. The lowest BCUT2D eigenvalue weighted by Gasteiger charge is -2.37. The third-order valence-electron chi connectivity index (χ3n) is 5.94. The molecule has 1 amide bonds. The van der Waals surface area contributed by atoms with Gasteiger partial charge in [0.05, 0.1) is 18.0 Å². The van der Waals surface area contributed by atoms with Crippen LogP contribution < -0.4 is 19.9 Å². The number of hydrogen-bond acceptors (Lipinski definition) is 7. The second kappa shape index (κ2) is 11.2. The average Bonchev–Trinajstić information content (AvgIpc) is 2.86. The number of nitrogens with one attached hydrogen (secondary N) is 1. The molecule has 0 atom stereocenters. The zero-order chi connectivity index (χ0) is 23.9. The van der Waals surface area contributed by atoms with Crippen molar-refractivity contribution in [2.75, 3.05) is 53.7 Å². The van der Waals surface area contributed by atoms with E-state index in [2.05, 4.69) is 57.1 Å². The van der Waals surface area contributed by atoms with Gasteiger partial charge in [-0.2, -0.15) is 0 Å². The van der Waals surface area contributed by atoms with E-state index in [1.54, 1.807) is 12.4 Å². The molecule has 34 heavy (non-hydrogen) atoms. The van der Waals surface area contributed by atoms with Gasteiger partial charge in [-0.15, -0.1) is 0 Å². The van der Waals surface area contributed by atoms with E-state index in [4.69, 9.17) is 4.74 Å². The first kappa shape index (κ1) is 23.9. The van der Waals surface area contributed by atoms with Gasteiger partial charge >= 0.3 is 0 Å². The normalized spacial score (nSPS) is 13.6. The maximum Gasteiger partial charge on any atom is 0.234 e. The van der Waals surface area contributed by atoms with Crippen molar-refractivity contribution in [3.8, 4) is 5.75 Å². The van der Waals surface area contributed by atoms with Crippen LogP contribution in [0.1, 0.15) is 18.1 Å². The molecule has 2 heterocycles. The van der Waals surface area contributed by atoms with Crippen LogP contribution in [0.15, 0.2) is 59.9 Å². The molecule has 1 aromatic heterocycles. The van der Waals surface area contributed by atoms with Crippen LogP contribution in [0.3, 0.4) is 0 Å². The molecule has 0 unspecified atom stereocenters. The molecule has 2 aromatic carbocycles. The number of rotatable bonds is 8. The van der Waals surface area contributed by atoms with Crippen molar-refractivity contribution >= 4 is 34.9 Å². The van der Waals surface area contributed by atoms with Crippen LogP contribution in [-0.2, 0) is 4.79 Å². The molecule has 8 heteroatoms. The molecule has 3 aromatic rings. The Balaban J connectivity index is 1.37. The summed E-state index contributed by atoms with van der Waals surface area (Å²) in [4.78, 5) is 26.5. The van der Waals surface area contributed by atoms with Gasteiger partial charge in [-0.1, -0.05) is 36.0 Å². The summed E-state index contributed by atoms with van der Waals surface area (Å²) in [6, 6.07) is 13.9. The molecule has 0 saturated carbocycles. The first-order valence-corrected chi connectivity index (χ1v) is 12.6. The molecule has 0 spiro atoms. The van der Waals surface area contributed by atoms with E-state index in [0.29, 0.717) is 18.0 Å². The molecule has 0 aliphatic carbocycles. The summed E-state index contributed by atoms with van der Waals surface area (Å²) in [7, 11) is 0. The van der Waals surface area contributed by atoms with Crippen LogP contribution in [0.2, 0.25) is 0 Å². The highest BCUT2D eigenvalue weighted by Gasteiger charge is 2.22. The van der Waals surface area contributed by atoms with Gasteiger partial charge in [0.25, 0.3) is 0 Å². The van der Waals surface area contributed by atoms with E-state index in [1.807, 2.05) is 31.2 Å². The van der Waals surface area contributed by atoms with Gasteiger partial charge in [-0.25, -0.2) is 9.97 Å². The Hall–Kier alpha value is -3.26. The topological polar surface area (TPSA) is 70.6 Å². The monoisotopic (exact) mass is 477 g/mol. The number of aromatic nitrogens is 2. The van der Waals surface area contributed by atoms with Crippen LogP contribution >= 0.6 is 11.8 Å². The lowest BCUT2D eigenvalue weighted by Crippen LogP contribution is -2.47. The van der Waals surface area contributed by atoms with Gasteiger partial charge in [-0.05, 0) is 50.1 Å². The van der Waals surface area contributed by atoms with E-state index < -0.39 is 0 Å². The summed E-state index contributed by atoms with van der Waals surface area (Å²) < 4.78 is 5.60. The number of aryl methyl sites for hydroxylation is 1. The first-order valence-electron chi connectivity index (χ1n) is 11.6. The Labute approximate surface area is 205 Å². The number of carbonyl (C=O) groups is 1. The second-order valence-electron chi connectivity index (χ2n) is 8.14. The Morgan fingerprint density at radius 3 is 2.53 bits per heavy atom. The molecule has 4 rings (SSSR count). The van der Waals surface area contributed by atoms with E-state index in [9.17, 15) is 4.79 Å². The molecule has 0 bridgehead atoms. The number of nitrogens with zero attached hydrogens (tertiary/aromatic N) is 4. The van der Waals surface area contributed by atoms with E-state index in [1.165, 1.54) is 28.6 Å². The molecular weight excluding hydrogens is 446 g/mol. The highest BCUT2D eigenvalue weighted by Crippen LogP contribution is 2.30. The van der Waals surface area contributed by atoms with Gasteiger partial charge in [-0.3, -0.25) is 4.79 Å². The summed E-state index contributed by atoms with van der Waals surface area (Å²) in [6.45, 7) is 10.4. The fourth-order valence-electron chi connectivity index (χ4n) is 4.05. The van der Waals surface area contributed by atoms with Crippen molar-refractivity contribution in [1.29, 1.82) is 0 Å². The van der Waals surface area contributed by atoms with Gasteiger partial charge < -0.3 is 19.9 Å². The summed E-state index contributed by atoms with van der Waals surface area (Å²) in [6.07, 6.45) is 3.40. The molecule has 1 aliphatic heterocycles. The quantitative estimate of drug-likeness (QED) is 0.477. The van der Waals surface area contributed by atoms with Gasteiger partial charge in [0.2, 0.25) is 5.91 Å². The lowest BCUT2D eigenvalue weighted by molar-refractivity contribution is -0.113. The Morgan fingerprint density at radius 1 is 1.00 bits per heavy atom. The molecule has 1 saturated heterocycles. The zero-order valence-corrected chi connectivity index (χ0v) is 20.8. The van der Waals surface area contributed by atoms with Crippen molar-refractivity contribution in [2.24, 2.45) is 0 Å². The smallest absolute Gasteiger partial charge is 0.234 e. The third kappa shape index (κ3) is 5.62. The molecule has 1 fully saturated rings. The summed E-state index contributed by atoms with van der Waals surface area (Å²) in [5, 5.41) is 3.72. The first-order chi connectivity index (χ1) is 16.6. The Morgan fingerprint density at radius 2 is 1.74 bits per heavy atom. The fourth-order valence-corrected chi connectivity index (χ4v) is 4.83. The molecular formula is C26H31N5O2S. The lowest BCUT2D eigenvalue weighted by atomic mass is 10.1. The van der Waals surface area contributed by atoms with Gasteiger partial charge in [0.1, 0.15) is 10.8 Å². The number of benzene rings is 2. The van der Waals surface area contributed by atoms with Crippen molar-refractivity contribution in [2.45, 2.75) is 25.8 Å². The minimum Gasteiger partial charge on any atom is -0.492 e. The zero-order valence-electron chi connectivity index (χ0n) is 20.0. The molecule has 178 valence electrons. The predicted octanol–water partition coefficient (Wildman–Crippen LogP) is 4.55. The minimum absolute atomic E-state index is 0.103. The molecule has 1 aliphatic rings. The number of para-hydroxylation sites is 2. The third-order valence-corrected chi connectivity index (χ3v) is 6.91.